The highest BCUT2D eigenvalue weighted by molar-refractivity contribution is 7.89. The van der Waals surface area contributed by atoms with Gasteiger partial charge in [-0.05, 0) is 78.7 Å². The molecule has 204 valence electrons. The zero-order valence-corrected chi connectivity index (χ0v) is 23.2. The molecule has 1 N–H and O–H groups in total. The summed E-state index contributed by atoms with van der Waals surface area (Å²) < 4.78 is 48.3. The van der Waals surface area contributed by atoms with E-state index >= 15 is 0 Å². The van der Waals surface area contributed by atoms with Crippen molar-refractivity contribution in [1.82, 2.24) is 13.9 Å². The van der Waals surface area contributed by atoms with Gasteiger partial charge in [-0.25, -0.2) is 17.8 Å². The Labute approximate surface area is 232 Å². The molecule has 0 fully saturated rings. The molecular weight excluding hydrogens is 543 g/mol. The lowest BCUT2D eigenvalue weighted by Crippen LogP contribution is -2.40. The largest absolute Gasteiger partial charge is 0.497 e. The van der Waals surface area contributed by atoms with Gasteiger partial charge < -0.3 is 4.74 Å². The van der Waals surface area contributed by atoms with Crippen molar-refractivity contribution in [2.45, 2.75) is 18.7 Å². The number of anilines is 1. The van der Waals surface area contributed by atoms with Gasteiger partial charge in [-0.3, -0.25) is 14.7 Å². The summed E-state index contributed by atoms with van der Waals surface area (Å²) in [5, 5.41) is 3.16. The molecule has 0 aliphatic carbocycles. The van der Waals surface area contributed by atoms with Crippen molar-refractivity contribution in [2.24, 2.45) is 5.92 Å². The topological polar surface area (TPSA) is 93.5 Å². The van der Waals surface area contributed by atoms with Crippen molar-refractivity contribution in [3.8, 4) is 22.7 Å². The van der Waals surface area contributed by atoms with E-state index in [4.69, 9.17) is 16.3 Å². The lowest BCUT2D eigenvalue weighted by molar-refractivity contribution is -0.116. The Morgan fingerprint density at radius 2 is 1.69 bits per heavy atom. The third-order valence-electron chi connectivity index (χ3n) is 5.79. The van der Waals surface area contributed by atoms with Crippen LogP contribution in [0.4, 0.5) is 10.3 Å². The lowest BCUT2D eigenvalue weighted by Gasteiger charge is -2.23. The highest BCUT2D eigenvalue weighted by Crippen LogP contribution is 2.26. The maximum Gasteiger partial charge on any atom is 0.243 e. The number of hydrogen-bond acceptors (Lipinski definition) is 5. The molecule has 0 saturated carbocycles. The summed E-state index contributed by atoms with van der Waals surface area (Å²) in [4.78, 5) is 17.9. The fourth-order valence-electron chi connectivity index (χ4n) is 3.90. The normalized spacial score (nSPS) is 11.7. The minimum absolute atomic E-state index is 0.0359. The number of carbonyl (C=O) groups is 1. The van der Waals surface area contributed by atoms with Crippen LogP contribution in [0.1, 0.15) is 13.8 Å². The molecule has 4 rings (SSSR count). The summed E-state index contributed by atoms with van der Waals surface area (Å²) in [5.41, 5.74) is 1.82. The van der Waals surface area contributed by atoms with E-state index in [1.165, 1.54) is 36.4 Å². The van der Waals surface area contributed by atoms with Crippen molar-refractivity contribution < 1.29 is 22.3 Å². The monoisotopic (exact) mass is 570 g/mol. The Hall–Kier alpha value is -3.73. The number of methoxy groups -OCH3 is 1. The van der Waals surface area contributed by atoms with E-state index in [0.717, 1.165) is 4.31 Å². The van der Waals surface area contributed by atoms with E-state index in [1.54, 1.807) is 54.3 Å². The molecule has 0 saturated heterocycles. The molecule has 4 aromatic rings. The van der Waals surface area contributed by atoms with E-state index < -0.39 is 22.5 Å². The van der Waals surface area contributed by atoms with Gasteiger partial charge in [-0.2, -0.15) is 4.31 Å². The summed E-state index contributed by atoms with van der Waals surface area (Å²) in [5.74, 6) is -0.155. The number of nitrogens with zero attached hydrogens (tertiary/aromatic N) is 3. The number of nitrogens with one attached hydrogen (secondary N) is 1. The second-order valence-corrected chi connectivity index (χ2v) is 11.6. The summed E-state index contributed by atoms with van der Waals surface area (Å²) in [7, 11) is -2.41. The number of halogens is 2. The van der Waals surface area contributed by atoms with Gasteiger partial charge in [0, 0.05) is 29.0 Å². The molecule has 1 amide bonds. The van der Waals surface area contributed by atoms with Crippen LogP contribution in [0.3, 0.4) is 0 Å². The fourth-order valence-corrected chi connectivity index (χ4v) is 5.59. The number of sulfonamides is 1. The molecule has 0 atom stereocenters. The van der Waals surface area contributed by atoms with Crippen molar-refractivity contribution in [2.75, 3.05) is 25.5 Å². The number of aromatic nitrogens is 2. The first kappa shape index (κ1) is 28.3. The molecule has 0 unspecified atom stereocenters. The predicted molar refractivity (Wildman–Crippen MR) is 149 cm³/mol. The molecule has 0 aliphatic heterocycles. The van der Waals surface area contributed by atoms with Crippen LogP contribution in [0.15, 0.2) is 83.9 Å². The van der Waals surface area contributed by atoms with E-state index in [1.807, 2.05) is 13.8 Å². The quantitative estimate of drug-likeness (QED) is 0.267. The fraction of sp³-hybridized carbons (Fsp3) is 0.214. The highest BCUT2D eigenvalue weighted by atomic mass is 35.5. The van der Waals surface area contributed by atoms with Crippen molar-refractivity contribution in [1.29, 1.82) is 0 Å². The first-order valence-corrected chi connectivity index (χ1v) is 13.9. The zero-order chi connectivity index (χ0) is 28.2. The van der Waals surface area contributed by atoms with Crippen LogP contribution in [0.5, 0.6) is 5.75 Å². The van der Waals surface area contributed by atoms with Crippen LogP contribution in [0, 0.1) is 11.7 Å². The van der Waals surface area contributed by atoms with Crippen molar-refractivity contribution >= 4 is 33.5 Å². The number of benzene rings is 3. The number of imidazole rings is 1. The SMILES string of the molecule is COc1ccc(-n2cc(-c3ccc(F)cc3)nc2NC(=O)CN(CC(C)C)S(=O)(=O)c2ccc(Cl)cc2)cc1. The molecule has 39 heavy (non-hydrogen) atoms. The molecule has 8 nitrogen and oxygen atoms in total. The first-order valence-electron chi connectivity index (χ1n) is 12.1. The van der Waals surface area contributed by atoms with Crippen LogP contribution < -0.4 is 10.1 Å². The standard InChI is InChI=1S/C28H28ClFN4O4S/c1-19(2)16-33(39(36,37)25-14-6-21(29)7-15-25)18-27(35)32-28-31-26(20-4-8-22(30)9-5-20)17-34(28)23-10-12-24(38-3)13-11-23/h4-15,17,19H,16,18H2,1-3H3,(H,31,32,35). The number of rotatable bonds is 10. The smallest absolute Gasteiger partial charge is 0.243 e. The Bertz CT molecular complexity index is 1540. The zero-order valence-electron chi connectivity index (χ0n) is 21.6. The Kier molecular flexibility index (Phi) is 8.69. The van der Waals surface area contributed by atoms with Gasteiger partial charge in [-0.15, -0.1) is 0 Å². The molecule has 0 spiro atoms. The average Bonchev–Trinajstić information content (AvgIpc) is 3.32. The Morgan fingerprint density at radius 3 is 2.28 bits per heavy atom. The number of carbonyl (C=O) groups excluding carboxylic acids is 1. The number of hydrogen-bond donors (Lipinski definition) is 1. The van der Waals surface area contributed by atoms with Gasteiger partial charge in [0.25, 0.3) is 0 Å². The summed E-state index contributed by atoms with van der Waals surface area (Å²) in [6, 6.07) is 18.7. The first-order chi connectivity index (χ1) is 18.6. The van der Waals surface area contributed by atoms with Gasteiger partial charge >= 0.3 is 0 Å². The Morgan fingerprint density at radius 1 is 1.05 bits per heavy atom. The average molecular weight is 571 g/mol. The molecule has 0 aliphatic rings. The van der Waals surface area contributed by atoms with E-state index in [2.05, 4.69) is 10.3 Å². The maximum atomic E-state index is 13.5. The van der Waals surface area contributed by atoms with Crippen molar-refractivity contribution in [3.63, 3.8) is 0 Å². The van der Waals surface area contributed by atoms with Gasteiger partial charge in [0.15, 0.2) is 0 Å². The van der Waals surface area contributed by atoms with Gasteiger partial charge in [-0.1, -0.05) is 25.4 Å². The number of amides is 1. The molecular formula is C28H28ClFN4O4S. The maximum absolute atomic E-state index is 13.5. The van der Waals surface area contributed by atoms with Crippen LogP contribution >= 0.6 is 11.6 Å². The summed E-state index contributed by atoms with van der Waals surface area (Å²) >= 11 is 5.93. The molecule has 1 heterocycles. The number of ether oxygens (including phenoxy) is 1. The summed E-state index contributed by atoms with van der Waals surface area (Å²) in [6.45, 7) is 3.44. The lowest BCUT2D eigenvalue weighted by atomic mass is 10.2. The van der Waals surface area contributed by atoms with Gasteiger partial charge in [0.1, 0.15) is 11.6 Å². The summed E-state index contributed by atoms with van der Waals surface area (Å²) in [6.07, 6.45) is 1.71. The van der Waals surface area contributed by atoms with Crippen LogP contribution in [0.25, 0.3) is 16.9 Å². The third-order valence-corrected chi connectivity index (χ3v) is 7.87. The second kappa shape index (κ2) is 12.0. The third kappa shape index (κ3) is 6.83. The highest BCUT2D eigenvalue weighted by Gasteiger charge is 2.28. The van der Waals surface area contributed by atoms with Gasteiger partial charge in [0.2, 0.25) is 21.9 Å². The van der Waals surface area contributed by atoms with E-state index in [0.29, 0.717) is 27.7 Å². The van der Waals surface area contributed by atoms with Gasteiger partial charge in [0.05, 0.1) is 24.2 Å². The Balaban J connectivity index is 1.65. The molecule has 1 aromatic heterocycles. The van der Waals surface area contributed by atoms with Crippen molar-refractivity contribution in [3.05, 3.63) is 89.8 Å². The van der Waals surface area contributed by atoms with E-state index in [9.17, 15) is 17.6 Å². The molecule has 3 aromatic carbocycles. The predicted octanol–water partition coefficient (Wildman–Crippen LogP) is 5.63. The molecule has 0 bridgehead atoms. The second-order valence-electron chi connectivity index (χ2n) is 9.22. The minimum atomic E-state index is -3.97. The van der Waals surface area contributed by atoms with E-state index in [-0.39, 0.29) is 29.1 Å². The van der Waals surface area contributed by atoms with Crippen LogP contribution in [-0.4, -0.2) is 48.4 Å². The molecule has 0 radical (unpaired) electrons. The van der Waals surface area contributed by atoms with Crippen LogP contribution in [0.2, 0.25) is 5.02 Å². The van der Waals surface area contributed by atoms with Crippen LogP contribution in [-0.2, 0) is 14.8 Å². The molecule has 11 heteroatoms. The minimum Gasteiger partial charge on any atom is -0.497 e.